The minimum atomic E-state index is -0.700. The molecule has 6 rings (SSSR count). The SMILES string of the molecule is C=C(CC1CCC2O[C@@H]3C(C(O)C2O1)C3[C@H](O)CC(O)CCC1CC(=C)[C@H](C)O1)CC1CCO[C@H]1C.C=C1CC[C@H](CC)OC1.CC.CC(O)CNC=O.CCCC(N)=O.CO. The Bertz CT molecular complexity index is 1270. The molecule has 14 heteroatoms. The van der Waals surface area contributed by atoms with Gasteiger partial charge in [0.15, 0.2) is 0 Å². The molecule has 0 aromatic rings. The van der Waals surface area contributed by atoms with E-state index in [2.05, 4.69) is 38.9 Å². The van der Waals surface area contributed by atoms with Gasteiger partial charge in [-0.15, -0.1) is 0 Å². The number of ether oxygens (including phenoxy) is 5. The van der Waals surface area contributed by atoms with Gasteiger partial charge in [0.2, 0.25) is 12.3 Å². The number of hydrogen-bond donors (Lipinski definition) is 7. The van der Waals surface area contributed by atoms with E-state index in [-0.39, 0.29) is 54.4 Å². The summed E-state index contributed by atoms with van der Waals surface area (Å²) in [5, 5.41) is 50.4. The fourth-order valence-corrected chi connectivity index (χ4v) is 8.67. The lowest BCUT2D eigenvalue weighted by molar-refractivity contribution is -0.208. The van der Waals surface area contributed by atoms with Crippen molar-refractivity contribution in [1.29, 1.82) is 0 Å². The quantitative estimate of drug-likeness (QED) is 0.0761. The molecule has 0 aromatic heterocycles. The highest BCUT2D eigenvalue weighted by molar-refractivity contribution is 5.73. The van der Waals surface area contributed by atoms with E-state index < -0.39 is 24.4 Å². The summed E-state index contributed by atoms with van der Waals surface area (Å²) in [6.45, 7) is 28.0. The lowest BCUT2D eigenvalue weighted by atomic mass is 9.88. The zero-order valence-corrected chi connectivity index (χ0v) is 39.6. The number of nitrogens with two attached hydrogens (primary N) is 1. The maximum absolute atomic E-state index is 11.1. The predicted molar refractivity (Wildman–Crippen MR) is 243 cm³/mol. The molecule has 2 amide bonds. The Morgan fingerprint density at radius 3 is 2.13 bits per heavy atom. The maximum atomic E-state index is 11.1. The number of primary amides is 1. The monoisotopic (exact) mass is 885 g/mol. The largest absolute Gasteiger partial charge is 0.400 e. The topological polar surface area (TPSA) is 219 Å². The van der Waals surface area contributed by atoms with Crippen molar-refractivity contribution in [3.8, 4) is 0 Å². The summed E-state index contributed by atoms with van der Waals surface area (Å²) in [6.07, 6.45) is 10.5. The molecule has 62 heavy (non-hydrogen) atoms. The van der Waals surface area contributed by atoms with Gasteiger partial charge in [0, 0.05) is 38.5 Å². The van der Waals surface area contributed by atoms with Crippen LogP contribution in [0.4, 0.5) is 0 Å². The van der Waals surface area contributed by atoms with E-state index >= 15 is 0 Å². The van der Waals surface area contributed by atoms with Crippen molar-refractivity contribution in [2.24, 2.45) is 23.5 Å². The highest BCUT2D eigenvalue weighted by Crippen LogP contribution is 2.54. The van der Waals surface area contributed by atoms with Crippen molar-refractivity contribution in [3.05, 3.63) is 36.5 Å². The lowest BCUT2D eigenvalue weighted by Crippen LogP contribution is -2.51. The van der Waals surface area contributed by atoms with Crippen LogP contribution in [0.2, 0.25) is 0 Å². The summed E-state index contributed by atoms with van der Waals surface area (Å²) in [4.78, 5) is 19.3. The van der Waals surface area contributed by atoms with Crippen LogP contribution in [0.5, 0.6) is 0 Å². The van der Waals surface area contributed by atoms with Gasteiger partial charge in [0.25, 0.3) is 0 Å². The summed E-state index contributed by atoms with van der Waals surface area (Å²) >= 11 is 0. The van der Waals surface area contributed by atoms with Crippen LogP contribution in [-0.2, 0) is 33.3 Å². The van der Waals surface area contributed by atoms with Gasteiger partial charge in [-0.3, -0.25) is 9.59 Å². The number of aliphatic hydroxyl groups excluding tert-OH is 5. The van der Waals surface area contributed by atoms with Crippen molar-refractivity contribution in [2.75, 3.05) is 26.9 Å². The van der Waals surface area contributed by atoms with Crippen molar-refractivity contribution in [3.63, 3.8) is 0 Å². The van der Waals surface area contributed by atoms with Crippen molar-refractivity contribution in [1.82, 2.24) is 5.32 Å². The first-order valence-corrected chi connectivity index (χ1v) is 23.4. The molecule has 6 aliphatic rings. The molecule has 1 saturated carbocycles. The van der Waals surface area contributed by atoms with Crippen LogP contribution in [-0.4, -0.2) is 138 Å². The van der Waals surface area contributed by atoms with Gasteiger partial charge in [0.05, 0.1) is 73.8 Å². The molecule has 0 bridgehead atoms. The van der Waals surface area contributed by atoms with Gasteiger partial charge in [0.1, 0.15) is 6.10 Å². The minimum Gasteiger partial charge on any atom is -0.400 e. The Morgan fingerprint density at radius 2 is 1.65 bits per heavy atom. The minimum absolute atomic E-state index is 0.0479. The highest BCUT2D eigenvalue weighted by atomic mass is 16.6. The van der Waals surface area contributed by atoms with Crippen LogP contribution in [0, 0.1) is 17.8 Å². The molecular formula is C48H88N2O12. The average Bonchev–Trinajstić information content (AvgIpc) is 3.70. The van der Waals surface area contributed by atoms with Crippen molar-refractivity contribution in [2.45, 2.75) is 212 Å². The van der Waals surface area contributed by atoms with E-state index in [1.807, 2.05) is 27.7 Å². The summed E-state index contributed by atoms with van der Waals surface area (Å²) in [7, 11) is 1.00. The second kappa shape index (κ2) is 31.6. The van der Waals surface area contributed by atoms with Gasteiger partial charge < -0.3 is 60.3 Å². The Labute approximate surface area is 374 Å². The third-order valence-corrected chi connectivity index (χ3v) is 12.2. The van der Waals surface area contributed by atoms with Gasteiger partial charge in [-0.2, -0.15) is 0 Å². The van der Waals surface area contributed by atoms with Crippen LogP contribution in [0.1, 0.15) is 138 Å². The van der Waals surface area contributed by atoms with E-state index in [1.54, 1.807) is 6.92 Å². The second-order valence-electron chi connectivity index (χ2n) is 17.4. The molecule has 10 unspecified atom stereocenters. The summed E-state index contributed by atoms with van der Waals surface area (Å²) in [5.41, 5.74) is 8.32. The number of fused-ring (bicyclic) bond motifs is 2. The van der Waals surface area contributed by atoms with Crippen LogP contribution in [0.3, 0.4) is 0 Å². The van der Waals surface area contributed by atoms with E-state index in [0.29, 0.717) is 50.3 Å². The smallest absolute Gasteiger partial charge is 0.217 e. The normalized spacial score (nSPS) is 33.1. The Balaban J connectivity index is 0.000000601. The van der Waals surface area contributed by atoms with Gasteiger partial charge in [-0.25, -0.2) is 0 Å². The molecule has 362 valence electrons. The zero-order valence-electron chi connectivity index (χ0n) is 39.6. The molecule has 6 fully saturated rings. The first-order valence-electron chi connectivity index (χ1n) is 23.4. The molecule has 0 aromatic carbocycles. The molecule has 5 aliphatic heterocycles. The number of rotatable bonds is 16. The standard InChI is InChI=1S/C29H46O7.C8H14O.C4H9NO2.C4H9NO.C2H6.CH4O/c1-15(11-19-9-10-33-18(19)4)12-21-7-8-24-28(35-21)27(32)26-25(29(26)36-24)23(31)14-20(30)5-6-22-13-16(2)17(3)34-22;1-3-8-5-4-7(2)6-9-8;1-4(7)2-5-3-6;1-2-3-4(5)6;2*1-2/h17-32H,1-2,5-14H2,3-4H3;8H,2-6H2,1H3;3-4,7H,2H2,1H3,(H,5,6);2-3H2,1H3,(H2,5,6);1-2H3;2H,1H3/t17-,18-,19?,20?,21?,22?,23+,24?,25?,26?,27?,28?,29-;8-;;;;/m00..../s1. The number of carbonyl (C=O) groups is 2. The van der Waals surface area contributed by atoms with Crippen molar-refractivity contribution >= 4 is 12.3 Å². The molecule has 1 aliphatic carbocycles. The molecule has 0 spiro atoms. The summed E-state index contributed by atoms with van der Waals surface area (Å²) < 4.78 is 29.6. The van der Waals surface area contributed by atoms with Crippen LogP contribution in [0.15, 0.2) is 36.5 Å². The number of aliphatic hydroxyl groups is 5. The predicted octanol–water partition coefficient (Wildman–Crippen LogP) is 5.45. The maximum Gasteiger partial charge on any atom is 0.217 e. The third-order valence-electron chi connectivity index (χ3n) is 12.2. The van der Waals surface area contributed by atoms with Crippen molar-refractivity contribution < 1.29 is 58.8 Å². The van der Waals surface area contributed by atoms with Crippen LogP contribution < -0.4 is 11.1 Å². The molecular weight excluding hydrogens is 797 g/mol. The molecule has 15 atom stereocenters. The van der Waals surface area contributed by atoms with Gasteiger partial charge in [-0.05, 0) is 116 Å². The number of hydrogen-bond acceptors (Lipinski definition) is 12. The zero-order chi connectivity index (χ0) is 46.9. The first kappa shape index (κ1) is 57.8. The molecule has 14 nitrogen and oxygen atoms in total. The van der Waals surface area contributed by atoms with Gasteiger partial charge >= 0.3 is 0 Å². The van der Waals surface area contributed by atoms with Gasteiger partial charge in [-0.1, -0.05) is 58.6 Å². The number of carbonyl (C=O) groups excluding carboxylic acids is 2. The summed E-state index contributed by atoms with van der Waals surface area (Å²) in [5.74, 6) is 0.0475. The van der Waals surface area contributed by atoms with Crippen LogP contribution in [0.25, 0.3) is 0 Å². The van der Waals surface area contributed by atoms with E-state index in [4.69, 9.17) is 39.6 Å². The molecule has 5 heterocycles. The Morgan fingerprint density at radius 1 is 0.952 bits per heavy atom. The summed E-state index contributed by atoms with van der Waals surface area (Å²) in [6, 6.07) is 0. The first-order chi connectivity index (χ1) is 29.6. The van der Waals surface area contributed by atoms with Crippen LogP contribution >= 0.6 is 0 Å². The third kappa shape index (κ3) is 20.7. The molecule has 5 saturated heterocycles. The van der Waals surface area contributed by atoms with E-state index in [0.717, 1.165) is 83.7 Å². The molecule has 8 N–H and O–H groups in total. The second-order valence-corrected chi connectivity index (χ2v) is 17.4. The highest BCUT2D eigenvalue weighted by Gasteiger charge is 2.65. The number of amides is 2. The fourth-order valence-electron chi connectivity index (χ4n) is 8.67. The Kier molecular flexibility index (Phi) is 29.5. The van der Waals surface area contributed by atoms with E-state index in [1.165, 1.54) is 24.0 Å². The lowest BCUT2D eigenvalue weighted by Gasteiger charge is -2.41. The number of nitrogens with one attached hydrogen (secondary N) is 1. The fraction of sp³-hybridized carbons (Fsp3) is 0.833. The van der Waals surface area contributed by atoms with E-state index in [9.17, 15) is 24.9 Å². The Hall–Kier alpha value is -2.24. The molecule has 0 radical (unpaired) electrons. The average molecular weight is 885 g/mol.